The van der Waals surface area contributed by atoms with Crippen LogP contribution in [-0.2, 0) is 19.6 Å². The quantitative estimate of drug-likeness (QED) is 0.468. The molecule has 0 N–H and O–H groups in total. The van der Waals surface area contributed by atoms with Gasteiger partial charge in [0.05, 0.1) is 17.5 Å². The predicted octanol–water partition coefficient (Wildman–Crippen LogP) is 4.04. The number of benzene rings is 1. The lowest BCUT2D eigenvalue weighted by Gasteiger charge is -2.32. The number of rotatable bonds is 9. The summed E-state index contributed by atoms with van der Waals surface area (Å²) in [6.45, 7) is 6.01. The van der Waals surface area contributed by atoms with Gasteiger partial charge in [-0.25, -0.2) is 4.79 Å². The molecular weight excluding hydrogens is 364 g/mol. The Bertz CT molecular complexity index is 757. The minimum Gasteiger partial charge on any atom is -0.461 e. The highest BCUT2D eigenvalue weighted by Gasteiger charge is 2.35. The van der Waals surface area contributed by atoms with Crippen molar-refractivity contribution < 1.29 is 17.9 Å². The fourth-order valence-corrected chi connectivity index (χ4v) is 4.66. The van der Waals surface area contributed by atoms with Crippen LogP contribution in [0.15, 0.2) is 34.3 Å². The lowest BCUT2D eigenvalue weighted by atomic mass is 10.0. The van der Waals surface area contributed by atoms with Gasteiger partial charge in [0.2, 0.25) is 0 Å². The van der Waals surface area contributed by atoms with Crippen LogP contribution in [0.5, 0.6) is 0 Å². The molecule has 1 aromatic carbocycles. The van der Waals surface area contributed by atoms with Gasteiger partial charge < -0.3 is 4.74 Å². The SMILES string of the molecule is CCCCCCC1CCC(C(=O)OCC)=NN1S(=O)(=O)c1ccc(C)cc1. The molecule has 1 unspecified atom stereocenters. The maximum atomic E-state index is 13.2. The van der Waals surface area contributed by atoms with Crippen molar-refractivity contribution in [2.75, 3.05) is 6.61 Å². The van der Waals surface area contributed by atoms with Crippen molar-refractivity contribution in [1.29, 1.82) is 0 Å². The van der Waals surface area contributed by atoms with E-state index in [1.807, 2.05) is 6.92 Å². The van der Waals surface area contributed by atoms with Crippen LogP contribution >= 0.6 is 0 Å². The van der Waals surface area contributed by atoms with E-state index < -0.39 is 16.0 Å². The van der Waals surface area contributed by atoms with Gasteiger partial charge in [-0.3, -0.25) is 0 Å². The van der Waals surface area contributed by atoms with Crippen LogP contribution in [-0.4, -0.2) is 37.2 Å². The summed E-state index contributed by atoms with van der Waals surface area (Å²) >= 11 is 0. The first-order valence-corrected chi connectivity index (χ1v) is 11.2. The van der Waals surface area contributed by atoms with Crippen molar-refractivity contribution >= 4 is 21.7 Å². The van der Waals surface area contributed by atoms with Gasteiger partial charge in [0.25, 0.3) is 10.0 Å². The molecule has 27 heavy (non-hydrogen) atoms. The summed E-state index contributed by atoms with van der Waals surface area (Å²) in [5.41, 5.74) is 1.16. The first kappa shape index (κ1) is 21.4. The molecule has 1 aliphatic heterocycles. The van der Waals surface area contributed by atoms with E-state index in [2.05, 4.69) is 12.0 Å². The lowest BCUT2D eigenvalue weighted by Crippen LogP contribution is -2.42. The van der Waals surface area contributed by atoms with Crippen molar-refractivity contribution in [3.8, 4) is 0 Å². The van der Waals surface area contributed by atoms with Crippen LogP contribution in [0.4, 0.5) is 0 Å². The van der Waals surface area contributed by atoms with Gasteiger partial charge in [-0.15, -0.1) is 0 Å². The Morgan fingerprint density at radius 3 is 2.52 bits per heavy atom. The third kappa shape index (κ3) is 5.54. The summed E-state index contributed by atoms with van der Waals surface area (Å²) in [5.74, 6) is -0.536. The molecule has 1 aromatic rings. The Kier molecular flexibility index (Phi) is 7.83. The normalized spacial score (nSPS) is 17.5. The highest BCUT2D eigenvalue weighted by Crippen LogP contribution is 2.28. The maximum Gasteiger partial charge on any atom is 0.354 e. The molecule has 6 nitrogen and oxygen atoms in total. The number of esters is 1. The Balaban J connectivity index is 2.30. The molecule has 7 heteroatoms. The molecule has 0 amide bonds. The van der Waals surface area contributed by atoms with Crippen molar-refractivity contribution in [1.82, 2.24) is 4.41 Å². The first-order chi connectivity index (χ1) is 12.9. The Morgan fingerprint density at radius 1 is 1.19 bits per heavy atom. The van der Waals surface area contributed by atoms with E-state index in [1.165, 1.54) is 0 Å². The summed E-state index contributed by atoms with van der Waals surface area (Å²) in [6, 6.07) is 6.48. The zero-order valence-electron chi connectivity index (χ0n) is 16.5. The van der Waals surface area contributed by atoms with Crippen LogP contribution in [0.1, 0.15) is 64.4 Å². The molecule has 0 saturated heterocycles. The van der Waals surface area contributed by atoms with Crippen LogP contribution in [0.2, 0.25) is 0 Å². The van der Waals surface area contributed by atoms with Gasteiger partial charge in [0.1, 0.15) is 5.71 Å². The average Bonchev–Trinajstić information content (AvgIpc) is 2.66. The van der Waals surface area contributed by atoms with E-state index in [4.69, 9.17) is 4.74 Å². The number of hydrogen-bond donors (Lipinski definition) is 0. The number of carbonyl (C=O) groups is 1. The van der Waals surface area contributed by atoms with Crippen molar-refractivity contribution in [2.45, 2.75) is 76.7 Å². The van der Waals surface area contributed by atoms with Gasteiger partial charge in [-0.05, 0) is 38.8 Å². The number of aryl methyl sites for hydroxylation is 1. The minimum absolute atomic E-state index is 0.178. The maximum absolute atomic E-state index is 13.2. The second-order valence-electron chi connectivity index (χ2n) is 6.90. The second-order valence-corrected chi connectivity index (χ2v) is 8.70. The molecule has 150 valence electrons. The summed E-state index contributed by atoms with van der Waals surface area (Å²) < 4.78 is 32.6. The second kappa shape index (κ2) is 9.88. The van der Waals surface area contributed by atoms with Crippen molar-refractivity contribution in [2.24, 2.45) is 5.10 Å². The predicted molar refractivity (Wildman–Crippen MR) is 106 cm³/mol. The topological polar surface area (TPSA) is 76.0 Å². The first-order valence-electron chi connectivity index (χ1n) is 9.75. The van der Waals surface area contributed by atoms with E-state index >= 15 is 0 Å². The summed E-state index contributed by atoms with van der Waals surface area (Å²) in [4.78, 5) is 12.3. The third-order valence-electron chi connectivity index (χ3n) is 4.71. The molecule has 0 fully saturated rings. The number of carbonyl (C=O) groups excluding carboxylic acids is 1. The van der Waals surface area contributed by atoms with Crippen LogP contribution in [0, 0.1) is 6.92 Å². The Hall–Kier alpha value is -1.89. The number of hydrogen-bond acceptors (Lipinski definition) is 5. The highest BCUT2D eigenvalue weighted by atomic mass is 32.2. The van der Waals surface area contributed by atoms with Gasteiger partial charge >= 0.3 is 5.97 Å². The number of ether oxygens (including phenoxy) is 1. The van der Waals surface area contributed by atoms with E-state index in [0.717, 1.165) is 42.1 Å². The van der Waals surface area contributed by atoms with E-state index in [1.54, 1.807) is 31.2 Å². The molecular formula is C20H30N2O4S. The van der Waals surface area contributed by atoms with Crippen LogP contribution in [0.3, 0.4) is 0 Å². The number of nitrogens with zero attached hydrogens (tertiary/aromatic N) is 2. The fourth-order valence-electron chi connectivity index (χ4n) is 3.15. The molecule has 2 rings (SSSR count). The van der Waals surface area contributed by atoms with Crippen molar-refractivity contribution in [3.05, 3.63) is 29.8 Å². The summed E-state index contributed by atoms with van der Waals surface area (Å²) in [5, 5.41) is 4.24. The molecule has 0 saturated carbocycles. The Labute approximate surface area is 162 Å². The zero-order chi connectivity index (χ0) is 19.9. The lowest BCUT2D eigenvalue weighted by molar-refractivity contribution is -0.135. The smallest absolute Gasteiger partial charge is 0.354 e. The summed E-state index contributed by atoms with van der Waals surface area (Å²) in [7, 11) is -3.81. The molecule has 0 aliphatic carbocycles. The number of sulfonamides is 1. The summed E-state index contributed by atoms with van der Waals surface area (Å²) in [6.07, 6.45) is 6.04. The molecule has 0 aromatic heterocycles. The minimum atomic E-state index is -3.81. The standard InChI is InChI=1S/C20H30N2O4S/c1-4-6-7-8-9-17-12-15-19(20(23)26-5-2)21-22(17)27(24,25)18-13-10-16(3)11-14-18/h10-11,13-14,17H,4-9,12,15H2,1-3H3. The van der Waals surface area contributed by atoms with Crippen LogP contribution < -0.4 is 0 Å². The molecule has 1 heterocycles. The third-order valence-corrected chi connectivity index (χ3v) is 6.45. The van der Waals surface area contributed by atoms with Crippen LogP contribution in [0.25, 0.3) is 0 Å². The molecule has 1 aliphatic rings. The molecule has 0 radical (unpaired) electrons. The average molecular weight is 395 g/mol. The highest BCUT2D eigenvalue weighted by molar-refractivity contribution is 7.89. The molecule has 0 spiro atoms. The number of hydrazone groups is 1. The molecule has 1 atom stereocenters. The zero-order valence-corrected chi connectivity index (χ0v) is 17.3. The molecule has 0 bridgehead atoms. The van der Waals surface area contributed by atoms with E-state index in [0.29, 0.717) is 12.8 Å². The Morgan fingerprint density at radius 2 is 1.89 bits per heavy atom. The van der Waals surface area contributed by atoms with Gasteiger partial charge in [0.15, 0.2) is 0 Å². The van der Waals surface area contributed by atoms with Crippen molar-refractivity contribution in [3.63, 3.8) is 0 Å². The van der Waals surface area contributed by atoms with E-state index in [-0.39, 0.29) is 23.3 Å². The van der Waals surface area contributed by atoms with Gasteiger partial charge in [-0.2, -0.15) is 17.9 Å². The van der Waals surface area contributed by atoms with E-state index in [9.17, 15) is 13.2 Å². The van der Waals surface area contributed by atoms with Gasteiger partial charge in [-0.1, -0.05) is 50.3 Å². The monoisotopic (exact) mass is 394 g/mol. The van der Waals surface area contributed by atoms with Gasteiger partial charge in [0, 0.05) is 6.42 Å². The fraction of sp³-hybridized carbons (Fsp3) is 0.600. The number of unbranched alkanes of at least 4 members (excludes halogenated alkanes) is 3. The largest absolute Gasteiger partial charge is 0.461 e.